The fraction of sp³-hybridized carbons (Fsp3) is 0.688. The van der Waals surface area contributed by atoms with Gasteiger partial charge in [0.2, 0.25) is 0 Å². The highest BCUT2D eigenvalue weighted by Crippen LogP contribution is 2.29. The van der Waals surface area contributed by atoms with Gasteiger partial charge in [-0.05, 0) is 0 Å². The quantitative estimate of drug-likeness (QED) is 0.419. The van der Waals surface area contributed by atoms with E-state index in [0.29, 0.717) is 0 Å². The molecule has 0 radical (unpaired) electrons. The minimum absolute atomic E-state index is 0.411. The van der Waals surface area contributed by atoms with Gasteiger partial charge in [0, 0.05) is 27.7 Å². The Morgan fingerprint density at radius 1 is 0.741 bits per heavy atom. The number of carbonyl (C=O) groups excluding carboxylic acids is 5. The van der Waals surface area contributed by atoms with E-state index in [-0.39, 0.29) is 0 Å². The van der Waals surface area contributed by atoms with Crippen molar-refractivity contribution in [1.82, 2.24) is 0 Å². The van der Waals surface area contributed by atoms with Crippen molar-refractivity contribution in [2.75, 3.05) is 13.7 Å². The molecule has 0 aromatic rings. The Bertz CT molecular complexity index is 599. The highest BCUT2D eigenvalue weighted by Gasteiger charge is 2.54. The van der Waals surface area contributed by atoms with Crippen molar-refractivity contribution >= 4 is 29.8 Å². The van der Waals surface area contributed by atoms with E-state index in [9.17, 15) is 24.0 Å². The van der Waals surface area contributed by atoms with E-state index in [4.69, 9.17) is 23.7 Å². The second kappa shape index (κ2) is 9.86. The maximum absolute atomic E-state index is 12.1. The van der Waals surface area contributed by atoms with Crippen LogP contribution in [0.25, 0.3) is 0 Å². The van der Waals surface area contributed by atoms with Gasteiger partial charge in [-0.15, -0.1) is 0 Å². The zero-order chi connectivity index (χ0) is 20.7. The normalized spacial score (nSPS) is 27.1. The molecule has 0 N–H and O–H groups in total. The minimum atomic E-state index is -1.50. The summed E-state index contributed by atoms with van der Waals surface area (Å²) in [4.78, 5) is 57.8. The number of methoxy groups -OCH3 is 1. The van der Waals surface area contributed by atoms with Crippen LogP contribution in [0.1, 0.15) is 27.7 Å². The standard InChI is InChI=1S/C16H22O11/c1-7(17)23-6-11-12(24-8(2)18)13(25-9(3)19)14(26-10(4)20)15(27-11)16(21)22-5/h11-15H,6H2,1-5H3/t11-,12-,13+,14+,15-/m1/s1. The van der Waals surface area contributed by atoms with Gasteiger partial charge in [0.15, 0.2) is 24.4 Å². The summed E-state index contributed by atoms with van der Waals surface area (Å²) in [5, 5.41) is 0. The van der Waals surface area contributed by atoms with Crippen LogP contribution in [0.15, 0.2) is 0 Å². The zero-order valence-electron chi connectivity index (χ0n) is 15.6. The number of carbonyl (C=O) groups is 5. The molecule has 11 nitrogen and oxygen atoms in total. The van der Waals surface area contributed by atoms with Crippen LogP contribution in [-0.4, -0.2) is 74.1 Å². The van der Waals surface area contributed by atoms with Crippen molar-refractivity contribution in [3.8, 4) is 0 Å². The first-order chi connectivity index (χ1) is 12.6. The average Bonchev–Trinajstić information content (AvgIpc) is 2.54. The summed E-state index contributed by atoms with van der Waals surface area (Å²) in [6.07, 6.45) is -6.84. The zero-order valence-corrected chi connectivity index (χ0v) is 15.6. The summed E-state index contributed by atoms with van der Waals surface area (Å²) in [5.41, 5.74) is 0. The number of hydrogen-bond donors (Lipinski definition) is 0. The Labute approximate surface area is 155 Å². The molecule has 1 fully saturated rings. The Morgan fingerprint density at radius 2 is 1.22 bits per heavy atom. The van der Waals surface area contributed by atoms with E-state index in [1.807, 2.05) is 0 Å². The van der Waals surface area contributed by atoms with Gasteiger partial charge in [0.1, 0.15) is 12.7 Å². The van der Waals surface area contributed by atoms with Gasteiger partial charge in [-0.25, -0.2) is 4.79 Å². The molecule has 0 amide bonds. The SMILES string of the molecule is COC(=O)[C@@H]1O[C@H](COC(C)=O)[C@@H](OC(C)=O)[C@H](OC(C)=O)[C@@H]1OC(C)=O. The molecule has 1 saturated heterocycles. The van der Waals surface area contributed by atoms with Crippen LogP contribution in [0.5, 0.6) is 0 Å². The third kappa shape index (κ3) is 6.51. The Kier molecular flexibility index (Phi) is 8.16. The third-order valence-corrected chi connectivity index (χ3v) is 3.42. The first-order valence-electron chi connectivity index (χ1n) is 7.95. The lowest BCUT2D eigenvalue weighted by Gasteiger charge is -2.43. The summed E-state index contributed by atoms with van der Waals surface area (Å²) in [7, 11) is 1.08. The van der Waals surface area contributed by atoms with E-state index in [0.717, 1.165) is 34.8 Å². The predicted octanol–water partition coefficient (Wildman–Crippen LogP) is -0.715. The van der Waals surface area contributed by atoms with E-state index < -0.39 is 67.0 Å². The fourth-order valence-electron chi connectivity index (χ4n) is 2.53. The van der Waals surface area contributed by atoms with Crippen molar-refractivity contribution in [3.05, 3.63) is 0 Å². The molecule has 1 heterocycles. The number of rotatable bonds is 6. The van der Waals surface area contributed by atoms with E-state index >= 15 is 0 Å². The molecular weight excluding hydrogens is 368 g/mol. The molecule has 0 aromatic carbocycles. The van der Waals surface area contributed by atoms with E-state index in [2.05, 4.69) is 4.74 Å². The number of esters is 5. The summed E-state index contributed by atoms with van der Waals surface area (Å²) in [5.74, 6) is -3.92. The summed E-state index contributed by atoms with van der Waals surface area (Å²) < 4.78 is 30.4. The van der Waals surface area contributed by atoms with Gasteiger partial charge in [-0.3, -0.25) is 19.2 Å². The predicted molar refractivity (Wildman–Crippen MR) is 84.0 cm³/mol. The summed E-state index contributed by atoms with van der Waals surface area (Å²) >= 11 is 0. The second-order valence-corrected chi connectivity index (χ2v) is 5.64. The molecule has 1 rings (SSSR count). The average molecular weight is 390 g/mol. The van der Waals surface area contributed by atoms with Crippen LogP contribution in [-0.2, 0) is 52.4 Å². The Balaban J connectivity index is 3.33. The maximum Gasteiger partial charge on any atom is 0.339 e. The van der Waals surface area contributed by atoms with Gasteiger partial charge in [0.25, 0.3) is 0 Å². The van der Waals surface area contributed by atoms with Gasteiger partial charge in [-0.1, -0.05) is 0 Å². The van der Waals surface area contributed by atoms with Crippen LogP contribution in [0, 0.1) is 0 Å². The van der Waals surface area contributed by atoms with Crippen LogP contribution < -0.4 is 0 Å². The minimum Gasteiger partial charge on any atom is -0.467 e. The van der Waals surface area contributed by atoms with Crippen molar-refractivity contribution in [2.45, 2.75) is 58.2 Å². The van der Waals surface area contributed by atoms with Gasteiger partial charge >= 0.3 is 29.8 Å². The van der Waals surface area contributed by atoms with Crippen LogP contribution in [0.3, 0.4) is 0 Å². The molecule has 1 aliphatic rings. The molecule has 0 aliphatic carbocycles. The van der Waals surface area contributed by atoms with Crippen molar-refractivity contribution in [3.63, 3.8) is 0 Å². The lowest BCUT2D eigenvalue weighted by atomic mass is 9.94. The van der Waals surface area contributed by atoms with Crippen LogP contribution >= 0.6 is 0 Å². The Morgan fingerprint density at radius 3 is 1.67 bits per heavy atom. The largest absolute Gasteiger partial charge is 0.467 e. The number of hydrogen-bond acceptors (Lipinski definition) is 11. The molecule has 5 atom stereocenters. The van der Waals surface area contributed by atoms with E-state index in [1.54, 1.807) is 0 Å². The molecule has 27 heavy (non-hydrogen) atoms. The van der Waals surface area contributed by atoms with E-state index in [1.165, 1.54) is 0 Å². The molecule has 0 bridgehead atoms. The highest BCUT2D eigenvalue weighted by atomic mass is 16.7. The maximum atomic E-state index is 12.1. The number of ether oxygens (including phenoxy) is 6. The van der Waals surface area contributed by atoms with Crippen LogP contribution in [0.2, 0.25) is 0 Å². The second-order valence-electron chi connectivity index (χ2n) is 5.64. The topological polar surface area (TPSA) is 141 Å². The first kappa shape index (κ1) is 22.4. The van der Waals surface area contributed by atoms with Crippen molar-refractivity contribution in [1.29, 1.82) is 0 Å². The molecule has 0 unspecified atom stereocenters. The third-order valence-electron chi connectivity index (χ3n) is 3.42. The monoisotopic (exact) mass is 390 g/mol. The summed E-state index contributed by atoms with van der Waals surface area (Å²) in [6, 6.07) is 0. The fourth-order valence-corrected chi connectivity index (χ4v) is 2.53. The van der Waals surface area contributed by atoms with Crippen molar-refractivity contribution in [2.24, 2.45) is 0 Å². The lowest BCUT2D eigenvalue weighted by Crippen LogP contribution is -2.64. The molecule has 0 aromatic heterocycles. The molecule has 0 spiro atoms. The molecule has 1 aliphatic heterocycles. The molecule has 152 valence electrons. The lowest BCUT2D eigenvalue weighted by molar-refractivity contribution is -0.253. The van der Waals surface area contributed by atoms with Gasteiger partial charge in [-0.2, -0.15) is 0 Å². The molecule has 11 heteroatoms. The van der Waals surface area contributed by atoms with Crippen molar-refractivity contribution < 1.29 is 52.4 Å². The molecule has 0 saturated carbocycles. The Hall–Kier alpha value is -2.69. The smallest absolute Gasteiger partial charge is 0.339 e. The van der Waals surface area contributed by atoms with Crippen LogP contribution in [0.4, 0.5) is 0 Å². The first-order valence-corrected chi connectivity index (χ1v) is 7.95. The highest BCUT2D eigenvalue weighted by molar-refractivity contribution is 5.77. The van der Waals surface area contributed by atoms with Gasteiger partial charge in [0.05, 0.1) is 7.11 Å². The van der Waals surface area contributed by atoms with Gasteiger partial charge < -0.3 is 28.4 Å². The molecular formula is C16H22O11. The summed E-state index contributed by atoms with van der Waals surface area (Å²) in [6.45, 7) is 3.99.